The van der Waals surface area contributed by atoms with Gasteiger partial charge >= 0.3 is 0 Å². The number of unbranched alkanes of at least 4 members (excludes halogenated alkanes) is 1. The van der Waals surface area contributed by atoms with Crippen molar-refractivity contribution in [3.63, 3.8) is 0 Å². The normalized spacial score (nSPS) is 11.1. The first-order valence-corrected chi connectivity index (χ1v) is 3.53. The quantitative estimate of drug-likeness (QED) is 0.247. The third kappa shape index (κ3) is 5.29. The zero-order valence-electron chi connectivity index (χ0n) is 6.47. The third-order valence-electron chi connectivity index (χ3n) is 1.33. The number of hydrogen-bond acceptors (Lipinski definition) is 1. The van der Waals surface area contributed by atoms with Crippen molar-refractivity contribution in [1.82, 2.24) is 0 Å². The second-order valence-corrected chi connectivity index (χ2v) is 2.33. The van der Waals surface area contributed by atoms with E-state index in [1.165, 1.54) is 0 Å². The highest BCUT2D eigenvalue weighted by Crippen LogP contribution is 2.04. The van der Waals surface area contributed by atoms with Gasteiger partial charge in [-0.2, -0.15) is 0 Å². The van der Waals surface area contributed by atoms with Gasteiger partial charge in [-0.3, -0.25) is 4.79 Å². The lowest BCUT2D eigenvalue weighted by Gasteiger charge is -1.94. The van der Waals surface area contributed by atoms with Gasteiger partial charge in [-0.25, -0.2) is 0 Å². The number of rotatable bonds is 5. The van der Waals surface area contributed by atoms with Crippen LogP contribution in [0.2, 0.25) is 0 Å². The van der Waals surface area contributed by atoms with E-state index in [0.717, 1.165) is 31.1 Å². The van der Waals surface area contributed by atoms with Crippen molar-refractivity contribution in [3.05, 3.63) is 24.3 Å². The largest absolute Gasteiger partial charge is 0.299 e. The fraction of sp³-hybridized carbons (Fsp3) is 0.444. The summed E-state index contributed by atoms with van der Waals surface area (Å²) in [6.07, 6.45) is 7.48. The molecule has 1 nitrogen and oxygen atoms in total. The van der Waals surface area contributed by atoms with Crippen molar-refractivity contribution in [1.29, 1.82) is 0 Å². The van der Waals surface area contributed by atoms with Crippen LogP contribution in [-0.2, 0) is 4.79 Å². The van der Waals surface area contributed by atoms with Crippen molar-refractivity contribution in [3.8, 4) is 0 Å². The fourth-order valence-electron chi connectivity index (χ4n) is 0.725. The number of aldehydes is 1. The molecule has 0 heterocycles. The van der Waals surface area contributed by atoms with Gasteiger partial charge in [0.15, 0.2) is 0 Å². The van der Waals surface area contributed by atoms with Crippen LogP contribution >= 0.6 is 0 Å². The van der Waals surface area contributed by atoms with Gasteiger partial charge in [-0.05, 0) is 32.3 Å². The van der Waals surface area contributed by atoms with E-state index in [0.29, 0.717) is 0 Å². The molecule has 0 saturated carbocycles. The molecule has 0 radical (unpaired) electrons. The molecular formula is C9H14O. The lowest BCUT2D eigenvalue weighted by atomic mass is 10.1. The summed E-state index contributed by atoms with van der Waals surface area (Å²) >= 11 is 0. The van der Waals surface area contributed by atoms with Crippen molar-refractivity contribution in [2.45, 2.75) is 26.2 Å². The summed E-state index contributed by atoms with van der Waals surface area (Å²) in [5.41, 5.74) is 1.15. The minimum Gasteiger partial charge on any atom is -0.299 e. The second kappa shape index (κ2) is 6.27. The Morgan fingerprint density at radius 3 is 2.80 bits per heavy atom. The number of carbonyl (C=O) groups excluding carboxylic acids is 1. The Bertz CT molecular complexity index is 134. The molecule has 0 amide bonds. The molecule has 0 fully saturated rings. The van der Waals surface area contributed by atoms with Gasteiger partial charge in [0.1, 0.15) is 6.29 Å². The summed E-state index contributed by atoms with van der Waals surface area (Å²) in [5.74, 6) is 0. The van der Waals surface area contributed by atoms with Gasteiger partial charge in [-0.15, -0.1) is 6.58 Å². The Morgan fingerprint density at radius 1 is 1.60 bits per heavy atom. The zero-order valence-corrected chi connectivity index (χ0v) is 6.47. The van der Waals surface area contributed by atoms with Gasteiger partial charge in [0, 0.05) is 0 Å². The lowest BCUT2D eigenvalue weighted by molar-refractivity contribution is -0.104. The SMILES string of the molecule is C=CCCC/C(C)=C/C=O. The molecule has 0 saturated heterocycles. The predicted molar refractivity (Wildman–Crippen MR) is 43.9 cm³/mol. The molecule has 0 unspecified atom stereocenters. The Hall–Kier alpha value is -0.850. The van der Waals surface area contributed by atoms with Crippen molar-refractivity contribution in [2.24, 2.45) is 0 Å². The Morgan fingerprint density at radius 2 is 2.30 bits per heavy atom. The average molecular weight is 138 g/mol. The van der Waals surface area contributed by atoms with Crippen molar-refractivity contribution >= 4 is 6.29 Å². The van der Waals surface area contributed by atoms with Crippen LogP contribution in [0.25, 0.3) is 0 Å². The van der Waals surface area contributed by atoms with Gasteiger partial charge in [0.25, 0.3) is 0 Å². The molecule has 0 N–H and O–H groups in total. The third-order valence-corrected chi connectivity index (χ3v) is 1.33. The molecular weight excluding hydrogens is 124 g/mol. The molecule has 0 aromatic rings. The van der Waals surface area contributed by atoms with Crippen LogP contribution in [-0.4, -0.2) is 6.29 Å². The summed E-state index contributed by atoms with van der Waals surface area (Å²) in [5, 5.41) is 0. The lowest BCUT2D eigenvalue weighted by Crippen LogP contribution is -1.77. The van der Waals surface area contributed by atoms with E-state index in [4.69, 9.17) is 0 Å². The summed E-state index contributed by atoms with van der Waals surface area (Å²) in [6.45, 7) is 5.58. The molecule has 0 aromatic carbocycles. The average Bonchev–Trinajstić information content (AvgIpc) is 1.89. The topological polar surface area (TPSA) is 17.1 Å². The first kappa shape index (κ1) is 9.15. The fourth-order valence-corrected chi connectivity index (χ4v) is 0.725. The number of carbonyl (C=O) groups is 1. The number of hydrogen-bond donors (Lipinski definition) is 0. The highest BCUT2D eigenvalue weighted by Gasteiger charge is 1.86. The standard InChI is InChI=1S/C9H14O/c1-3-4-5-6-9(2)7-8-10/h3,7-8H,1,4-6H2,2H3/b9-7+. The van der Waals surface area contributed by atoms with Crippen LogP contribution in [0, 0.1) is 0 Å². The molecule has 1 heteroatoms. The smallest absolute Gasteiger partial charge is 0.142 e. The maximum Gasteiger partial charge on any atom is 0.142 e. The minimum absolute atomic E-state index is 0.837. The monoisotopic (exact) mass is 138 g/mol. The molecule has 0 spiro atoms. The van der Waals surface area contributed by atoms with E-state index < -0.39 is 0 Å². The molecule has 0 rings (SSSR count). The molecule has 0 aliphatic rings. The predicted octanol–water partition coefficient (Wildman–Crippen LogP) is 2.49. The van der Waals surface area contributed by atoms with E-state index in [-0.39, 0.29) is 0 Å². The van der Waals surface area contributed by atoms with Crippen molar-refractivity contribution in [2.75, 3.05) is 0 Å². The molecule has 0 aliphatic heterocycles. The molecule has 56 valence electrons. The van der Waals surface area contributed by atoms with Crippen molar-refractivity contribution < 1.29 is 4.79 Å². The maximum atomic E-state index is 9.95. The van der Waals surface area contributed by atoms with E-state index >= 15 is 0 Å². The summed E-state index contributed by atoms with van der Waals surface area (Å²) in [7, 11) is 0. The summed E-state index contributed by atoms with van der Waals surface area (Å²) in [6, 6.07) is 0. The van der Waals surface area contributed by atoms with Crippen LogP contribution in [0.3, 0.4) is 0 Å². The first-order chi connectivity index (χ1) is 4.81. The molecule has 0 atom stereocenters. The molecule has 10 heavy (non-hydrogen) atoms. The number of allylic oxidation sites excluding steroid dienone is 3. The van der Waals surface area contributed by atoms with Gasteiger partial charge in [0.2, 0.25) is 0 Å². The first-order valence-electron chi connectivity index (χ1n) is 3.53. The highest BCUT2D eigenvalue weighted by molar-refractivity contribution is 5.65. The van der Waals surface area contributed by atoms with Crippen LogP contribution in [0.1, 0.15) is 26.2 Å². The van der Waals surface area contributed by atoms with Crippen LogP contribution in [0.4, 0.5) is 0 Å². The summed E-state index contributed by atoms with van der Waals surface area (Å²) < 4.78 is 0. The van der Waals surface area contributed by atoms with E-state index in [1.807, 2.05) is 13.0 Å². The van der Waals surface area contributed by atoms with Crippen LogP contribution in [0.15, 0.2) is 24.3 Å². The Kier molecular flexibility index (Phi) is 5.74. The molecule has 0 aromatic heterocycles. The maximum absolute atomic E-state index is 9.95. The Balaban J connectivity index is 3.38. The van der Waals surface area contributed by atoms with Crippen LogP contribution < -0.4 is 0 Å². The molecule has 0 aliphatic carbocycles. The second-order valence-electron chi connectivity index (χ2n) is 2.33. The van der Waals surface area contributed by atoms with Crippen LogP contribution in [0.5, 0.6) is 0 Å². The van der Waals surface area contributed by atoms with E-state index in [9.17, 15) is 4.79 Å². The van der Waals surface area contributed by atoms with Gasteiger partial charge < -0.3 is 0 Å². The highest BCUT2D eigenvalue weighted by atomic mass is 16.1. The van der Waals surface area contributed by atoms with Gasteiger partial charge in [0.05, 0.1) is 0 Å². The van der Waals surface area contributed by atoms with Gasteiger partial charge in [-0.1, -0.05) is 11.6 Å². The van der Waals surface area contributed by atoms with E-state index in [1.54, 1.807) is 6.08 Å². The van der Waals surface area contributed by atoms with E-state index in [2.05, 4.69) is 6.58 Å². The zero-order chi connectivity index (χ0) is 7.82. The minimum atomic E-state index is 0.837. The molecule has 0 bridgehead atoms. The summed E-state index contributed by atoms with van der Waals surface area (Å²) in [4.78, 5) is 9.95. The Labute approximate surface area is 62.4 Å².